The van der Waals surface area contributed by atoms with Crippen LogP contribution in [0.5, 0.6) is 5.75 Å². The van der Waals surface area contributed by atoms with Crippen LogP contribution in [0, 0.1) is 0 Å². The number of methoxy groups -OCH3 is 1. The smallest absolute Gasteiger partial charge is 0.311 e. The van der Waals surface area contributed by atoms with Crippen LogP contribution in [0.2, 0.25) is 0 Å². The summed E-state index contributed by atoms with van der Waals surface area (Å²) in [7, 11) is 1.60. The Morgan fingerprint density at radius 3 is 2.89 bits per heavy atom. The van der Waals surface area contributed by atoms with E-state index < -0.39 is 5.97 Å². The first-order valence-corrected chi connectivity index (χ1v) is 9.00. The first-order valence-electron chi connectivity index (χ1n) is 8.20. The van der Waals surface area contributed by atoms with Gasteiger partial charge in [-0.15, -0.1) is 0 Å². The minimum Gasteiger partial charge on any atom is -0.496 e. The summed E-state index contributed by atoms with van der Waals surface area (Å²) in [5.41, 5.74) is 0.862. The maximum Gasteiger partial charge on any atom is 0.311 e. The van der Waals surface area contributed by atoms with Crippen molar-refractivity contribution in [1.29, 1.82) is 0 Å². The lowest BCUT2D eigenvalue weighted by atomic mass is 10.2. The molecule has 10 heteroatoms. The number of aromatic amines is 1. The van der Waals surface area contributed by atoms with Crippen molar-refractivity contribution in [2.75, 3.05) is 19.0 Å². The highest BCUT2D eigenvalue weighted by atomic mass is 79.9. The quantitative estimate of drug-likeness (QED) is 0.545. The second-order valence-corrected chi connectivity index (χ2v) is 6.50. The average Bonchev–Trinajstić information content (AvgIpc) is 3.04. The van der Waals surface area contributed by atoms with Crippen molar-refractivity contribution >= 4 is 33.6 Å². The number of hydrogen-bond donors (Lipinski definition) is 2. The van der Waals surface area contributed by atoms with E-state index in [0.29, 0.717) is 18.2 Å². The molecule has 27 heavy (non-hydrogen) atoms. The van der Waals surface area contributed by atoms with Gasteiger partial charge in [-0.3, -0.25) is 14.7 Å². The highest BCUT2D eigenvalue weighted by Gasteiger charge is 2.12. The number of fused-ring (bicyclic) bond motifs is 1. The minimum atomic E-state index is -0.440. The molecule has 2 aromatic heterocycles. The van der Waals surface area contributed by atoms with Gasteiger partial charge in [0.15, 0.2) is 0 Å². The third-order valence-corrected chi connectivity index (χ3v) is 4.20. The van der Waals surface area contributed by atoms with Gasteiger partial charge >= 0.3 is 5.97 Å². The second-order valence-electron chi connectivity index (χ2n) is 5.58. The summed E-state index contributed by atoms with van der Waals surface area (Å²) >= 11 is 3.43. The number of rotatable bonds is 7. The number of nitrogens with one attached hydrogen (secondary N) is 2. The minimum absolute atomic E-state index is 0.0789. The molecule has 0 aliphatic rings. The Morgan fingerprint density at radius 1 is 1.33 bits per heavy atom. The maximum atomic E-state index is 12.2. The molecule has 0 aliphatic carbocycles. The van der Waals surface area contributed by atoms with Crippen LogP contribution in [-0.4, -0.2) is 39.3 Å². The zero-order valence-electron chi connectivity index (χ0n) is 14.8. The van der Waals surface area contributed by atoms with Gasteiger partial charge in [0.2, 0.25) is 5.95 Å². The number of anilines is 1. The number of benzene rings is 1. The van der Waals surface area contributed by atoms with Gasteiger partial charge < -0.3 is 14.8 Å². The summed E-state index contributed by atoms with van der Waals surface area (Å²) < 4.78 is 12.3. The molecule has 0 unspecified atom stereocenters. The zero-order valence-corrected chi connectivity index (χ0v) is 16.4. The summed E-state index contributed by atoms with van der Waals surface area (Å²) in [6.45, 7) is 2.41. The van der Waals surface area contributed by atoms with Crippen molar-refractivity contribution < 1.29 is 14.3 Å². The molecule has 0 radical (unpaired) electrons. The number of ether oxygens (including phenoxy) is 2. The van der Waals surface area contributed by atoms with Crippen LogP contribution in [0.25, 0.3) is 5.78 Å². The van der Waals surface area contributed by atoms with Gasteiger partial charge in [0.1, 0.15) is 5.75 Å². The molecule has 2 heterocycles. The highest BCUT2D eigenvalue weighted by Crippen LogP contribution is 2.23. The Balaban J connectivity index is 1.80. The summed E-state index contributed by atoms with van der Waals surface area (Å²) in [5.74, 6) is 0.832. The molecule has 9 nitrogen and oxygen atoms in total. The fourth-order valence-electron chi connectivity index (χ4n) is 2.52. The van der Waals surface area contributed by atoms with Gasteiger partial charge in [0, 0.05) is 22.6 Å². The van der Waals surface area contributed by atoms with Crippen molar-refractivity contribution in [3.05, 3.63) is 50.3 Å². The Kier molecular flexibility index (Phi) is 5.75. The van der Waals surface area contributed by atoms with E-state index in [2.05, 4.69) is 36.3 Å². The number of H-pyrrole nitrogens is 1. The molecule has 0 bridgehead atoms. The number of aromatic nitrogens is 4. The van der Waals surface area contributed by atoms with E-state index in [1.807, 2.05) is 18.2 Å². The summed E-state index contributed by atoms with van der Waals surface area (Å²) in [6.07, 6.45) is -0.0789. The van der Waals surface area contributed by atoms with Crippen molar-refractivity contribution in [3.63, 3.8) is 0 Å². The largest absolute Gasteiger partial charge is 0.496 e. The van der Waals surface area contributed by atoms with Crippen LogP contribution in [-0.2, 0) is 22.5 Å². The molecular formula is C17H18BrN5O4. The average molecular weight is 436 g/mol. The third-order valence-electron chi connectivity index (χ3n) is 3.70. The molecule has 142 valence electrons. The maximum absolute atomic E-state index is 12.2. The van der Waals surface area contributed by atoms with Crippen molar-refractivity contribution in [2.45, 2.75) is 19.9 Å². The van der Waals surface area contributed by atoms with Gasteiger partial charge in [0.05, 0.1) is 25.8 Å². The van der Waals surface area contributed by atoms with Crippen LogP contribution in [0.3, 0.4) is 0 Å². The lowest BCUT2D eigenvalue weighted by molar-refractivity contribution is -0.142. The van der Waals surface area contributed by atoms with Gasteiger partial charge in [0.25, 0.3) is 11.3 Å². The van der Waals surface area contributed by atoms with Gasteiger partial charge in [-0.05, 0) is 25.1 Å². The van der Waals surface area contributed by atoms with E-state index >= 15 is 0 Å². The van der Waals surface area contributed by atoms with E-state index in [4.69, 9.17) is 9.47 Å². The van der Waals surface area contributed by atoms with Gasteiger partial charge in [-0.25, -0.2) is 4.98 Å². The summed E-state index contributed by atoms with van der Waals surface area (Å²) in [5, 5.41) is 5.94. The van der Waals surface area contributed by atoms with Crippen LogP contribution >= 0.6 is 15.9 Å². The molecule has 0 atom stereocenters. The molecule has 0 saturated heterocycles. The van der Waals surface area contributed by atoms with E-state index in [9.17, 15) is 9.59 Å². The van der Waals surface area contributed by atoms with Gasteiger partial charge in [-0.1, -0.05) is 15.9 Å². The number of halogens is 1. The monoisotopic (exact) mass is 435 g/mol. The number of hydrogen-bond acceptors (Lipinski definition) is 7. The summed E-state index contributed by atoms with van der Waals surface area (Å²) in [4.78, 5) is 32.3. The second kappa shape index (κ2) is 8.21. The standard InChI is InChI=1S/C17H18BrN5O4/c1-3-27-15(25)8-12-7-14(24)23-17(20-12)21-16(22-23)19-9-10-6-11(18)4-5-13(10)26-2/h4-7H,3,8-9H2,1-2H3,(H2,19,20,21,22). The van der Waals surface area contributed by atoms with Gasteiger partial charge in [-0.2, -0.15) is 9.50 Å². The predicted molar refractivity (Wildman–Crippen MR) is 102 cm³/mol. The van der Waals surface area contributed by atoms with Crippen LogP contribution in [0.1, 0.15) is 18.2 Å². The van der Waals surface area contributed by atoms with Crippen molar-refractivity contribution in [3.8, 4) is 5.75 Å². The number of esters is 1. The molecule has 3 aromatic rings. The molecule has 0 spiro atoms. The molecule has 0 amide bonds. The molecular weight excluding hydrogens is 418 g/mol. The van der Waals surface area contributed by atoms with Crippen LogP contribution in [0.4, 0.5) is 5.95 Å². The molecule has 1 aromatic carbocycles. The Bertz CT molecular complexity index is 1030. The zero-order chi connectivity index (χ0) is 19.4. The number of nitrogens with zero attached hydrogens (tertiary/aromatic N) is 3. The Hall–Kier alpha value is -2.88. The van der Waals surface area contributed by atoms with Crippen LogP contribution in [0.15, 0.2) is 33.5 Å². The van der Waals surface area contributed by atoms with E-state index in [1.54, 1.807) is 14.0 Å². The normalized spacial score (nSPS) is 10.8. The first-order chi connectivity index (χ1) is 13.0. The summed E-state index contributed by atoms with van der Waals surface area (Å²) in [6, 6.07) is 6.95. The fourth-order valence-corrected chi connectivity index (χ4v) is 2.93. The van der Waals surface area contributed by atoms with E-state index in [1.165, 1.54) is 10.6 Å². The lowest BCUT2D eigenvalue weighted by Crippen LogP contribution is -2.18. The number of carbonyl (C=O) groups excluding carboxylic acids is 1. The van der Waals surface area contributed by atoms with E-state index in [-0.39, 0.29) is 24.4 Å². The molecule has 3 rings (SSSR count). The first kappa shape index (κ1) is 18.9. The predicted octanol–water partition coefficient (Wildman–Crippen LogP) is 1.91. The van der Waals surface area contributed by atoms with Crippen molar-refractivity contribution in [1.82, 2.24) is 19.6 Å². The van der Waals surface area contributed by atoms with Crippen LogP contribution < -0.4 is 15.6 Å². The lowest BCUT2D eigenvalue weighted by Gasteiger charge is -2.09. The molecule has 0 fully saturated rings. The fraction of sp³-hybridized carbons (Fsp3) is 0.294. The van der Waals surface area contributed by atoms with E-state index in [0.717, 1.165) is 15.8 Å². The highest BCUT2D eigenvalue weighted by molar-refractivity contribution is 9.10. The number of carbonyl (C=O) groups is 1. The molecule has 0 saturated carbocycles. The molecule has 0 aliphatic heterocycles. The third kappa shape index (κ3) is 4.45. The molecule has 2 N–H and O–H groups in total. The van der Waals surface area contributed by atoms with Crippen molar-refractivity contribution in [2.24, 2.45) is 0 Å². The Morgan fingerprint density at radius 2 is 2.15 bits per heavy atom. The Labute approximate surface area is 162 Å². The SMILES string of the molecule is CCOC(=O)Cc1cc(=O)n2[nH]c(NCc3cc(Br)ccc3OC)nc2n1. The topological polar surface area (TPSA) is 111 Å².